The highest BCUT2D eigenvalue weighted by molar-refractivity contribution is 6.09. The van der Waals surface area contributed by atoms with Gasteiger partial charge in [0.25, 0.3) is 0 Å². The van der Waals surface area contributed by atoms with E-state index in [1.54, 1.807) is 6.20 Å². The van der Waals surface area contributed by atoms with Crippen LogP contribution in [0.4, 0.5) is 22.7 Å². The van der Waals surface area contributed by atoms with Gasteiger partial charge in [0.1, 0.15) is 24.0 Å². The SMILES string of the molecule is [2H]C([2H])([2H])c1cc(C(C)(C)C)cc(C)c1-c1ccnc(-n2c3ccccc3c3ccc(Oc4cccc(N5CN(c6cccc(C(C)(C)C)c6)c6ccccc65)c4)cc32)c1. The van der Waals surface area contributed by atoms with Crippen LogP contribution >= 0.6 is 0 Å². The molecule has 0 N–H and O–H groups in total. The van der Waals surface area contributed by atoms with Crippen molar-refractivity contribution < 1.29 is 8.85 Å². The van der Waals surface area contributed by atoms with Crippen molar-refractivity contribution in [3.8, 4) is 28.4 Å². The van der Waals surface area contributed by atoms with Gasteiger partial charge in [-0.2, -0.15) is 0 Å². The maximum atomic E-state index is 8.54. The first-order valence-electron chi connectivity index (χ1n) is 21.2. The summed E-state index contributed by atoms with van der Waals surface area (Å²) in [6.45, 7) is 13.5. The second kappa shape index (κ2) is 13.7. The molecule has 0 amide bonds. The quantitative estimate of drug-likeness (QED) is 0.169. The summed E-state index contributed by atoms with van der Waals surface area (Å²) in [5.41, 5.74) is 11.4. The van der Waals surface area contributed by atoms with Gasteiger partial charge in [-0.15, -0.1) is 0 Å². The van der Waals surface area contributed by atoms with Crippen molar-refractivity contribution in [1.82, 2.24) is 9.55 Å². The Hall–Kier alpha value is -6.33. The molecule has 8 aromatic rings. The molecule has 1 aliphatic rings. The predicted molar refractivity (Wildman–Crippen MR) is 239 cm³/mol. The first kappa shape index (κ1) is 32.9. The number of aryl methyl sites for hydroxylation is 2. The number of aromatic nitrogens is 2. The van der Waals surface area contributed by atoms with Gasteiger partial charge in [-0.05, 0) is 125 Å². The number of pyridine rings is 1. The van der Waals surface area contributed by atoms with Crippen LogP contribution in [0.15, 0.2) is 146 Å². The lowest BCUT2D eigenvalue weighted by Gasteiger charge is -2.25. The van der Waals surface area contributed by atoms with Crippen LogP contribution in [-0.2, 0) is 10.8 Å². The standard InChI is InChI=1S/C52H50N4O/c1-34-27-38(52(6,7)8)28-35(2)50(34)36-25-26-53-49(29-36)56-45-20-10-9-19-43(45)44-24-23-42(32-48(44)56)57-41-18-14-17-40(31-41)55-33-54(46-21-11-12-22-47(46)55)39-16-13-15-37(30-39)51(3,4)5/h9-32H,33H2,1-8H3/i1D3. The molecule has 0 bridgehead atoms. The molecule has 0 aliphatic carbocycles. The highest BCUT2D eigenvalue weighted by Gasteiger charge is 2.29. The van der Waals surface area contributed by atoms with Crippen LogP contribution in [0.3, 0.4) is 0 Å². The molecule has 2 aromatic heterocycles. The van der Waals surface area contributed by atoms with Crippen molar-refractivity contribution in [2.45, 2.75) is 66.1 Å². The summed E-state index contributed by atoms with van der Waals surface area (Å²) < 4.78 is 34.5. The third kappa shape index (κ3) is 6.61. The number of hydrogen-bond acceptors (Lipinski definition) is 4. The number of nitrogens with zero attached hydrogens (tertiary/aromatic N) is 4. The Morgan fingerprint density at radius 2 is 1.23 bits per heavy atom. The second-order valence-electron chi connectivity index (χ2n) is 17.3. The Labute approximate surface area is 341 Å². The predicted octanol–water partition coefficient (Wildman–Crippen LogP) is 14.1. The third-order valence-electron chi connectivity index (χ3n) is 11.2. The van der Waals surface area contributed by atoms with Crippen molar-refractivity contribution in [1.29, 1.82) is 0 Å². The van der Waals surface area contributed by atoms with E-state index in [4.69, 9.17) is 13.8 Å². The van der Waals surface area contributed by atoms with Crippen molar-refractivity contribution in [3.05, 3.63) is 168 Å². The van der Waals surface area contributed by atoms with E-state index in [1.165, 1.54) is 11.3 Å². The zero-order chi connectivity index (χ0) is 42.1. The average Bonchev–Trinajstić information content (AvgIpc) is 3.76. The van der Waals surface area contributed by atoms with Gasteiger partial charge in [-0.25, -0.2) is 4.98 Å². The molecule has 0 saturated heterocycles. The lowest BCUT2D eigenvalue weighted by Crippen LogP contribution is -2.24. The van der Waals surface area contributed by atoms with E-state index in [-0.39, 0.29) is 10.8 Å². The van der Waals surface area contributed by atoms with Crippen molar-refractivity contribution in [2.24, 2.45) is 0 Å². The van der Waals surface area contributed by atoms with Gasteiger partial charge in [0.15, 0.2) is 0 Å². The molecular formula is C52H50N4O. The monoisotopic (exact) mass is 749 g/mol. The molecule has 9 rings (SSSR count). The van der Waals surface area contributed by atoms with E-state index in [1.807, 2.05) is 55.5 Å². The van der Waals surface area contributed by atoms with E-state index in [9.17, 15) is 0 Å². The number of fused-ring (bicyclic) bond motifs is 4. The van der Waals surface area contributed by atoms with Crippen molar-refractivity contribution >= 4 is 44.6 Å². The lowest BCUT2D eigenvalue weighted by atomic mass is 9.83. The highest BCUT2D eigenvalue weighted by Crippen LogP contribution is 2.46. The molecule has 6 aromatic carbocycles. The summed E-state index contributed by atoms with van der Waals surface area (Å²) in [6, 6.07) is 48.1. The van der Waals surface area contributed by atoms with Gasteiger partial charge >= 0.3 is 0 Å². The maximum absolute atomic E-state index is 8.54. The van der Waals surface area contributed by atoms with Crippen LogP contribution in [0.5, 0.6) is 11.5 Å². The molecular weight excluding hydrogens is 697 g/mol. The molecule has 284 valence electrons. The highest BCUT2D eigenvalue weighted by atomic mass is 16.5. The number of benzene rings is 6. The lowest BCUT2D eigenvalue weighted by molar-refractivity contribution is 0.483. The fourth-order valence-corrected chi connectivity index (χ4v) is 8.21. The maximum Gasteiger partial charge on any atom is 0.138 e. The van der Waals surface area contributed by atoms with Crippen LogP contribution < -0.4 is 14.5 Å². The van der Waals surface area contributed by atoms with Gasteiger partial charge in [0, 0.05) is 44.6 Å². The summed E-state index contributed by atoms with van der Waals surface area (Å²) in [7, 11) is 0. The summed E-state index contributed by atoms with van der Waals surface area (Å²) in [6.07, 6.45) is 1.77. The minimum absolute atomic E-state index is 0.0436. The van der Waals surface area contributed by atoms with Crippen molar-refractivity contribution in [3.63, 3.8) is 0 Å². The van der Waals surface area contributed by atoms with E-state index >= 15 is 0 Å². The smallest absolute Gasteiger partial charge is 0.138 e. The van der Waals surface area contributed by atoms with Gasteiger partial charge in [0.05, 0.1) is 22.4 Å². The van der Waals surface area contributed by atoms with E-state index < -0.39 is 6.85 Å². The minimum atomic E-state index is -2.29. The largest absolute Gasteiger partial charge is 0.457 e. The van der Waals surface area contributed by atoms with Gasteiger partial charge in [0.2, 0.25) is 0 Å². The molecule has 0 fully saturated rings. The van der Waals surface area contributed by atoms with Crippen molar-refractivity contribution in [2.75, 3.05) is 16.5 Å². The number of hydrogen-bond donors (Lipinski definition) is 0. The van der Waals surface area contributed by atoms with E-state index in [2.05, 4.69) is 147 Å². The number of ether oxygens (including phenoxy) is 1. The number of anilines is 4. The Kier molecular flexibility index (Phi) is 7.90. The molecule has 57 heavy (non-hydrogen) atoms. The van der Waals surface area contributed by atoms with Crippen LogP contribution in [-0.4, -0.2) is 16.2 Å². The topological polar surface area (TPSA) is 33.5 Å². The Balaban J connectivity index is 1.08. The zero-order valence-electron chi connectivity index (χ0n) is 36.8. The third-order valence-corrected chi connectivity index (χ3v) is 11.2. The Morgan fingerprint density at radius 1 is 0.579 bits per heavy atom. The van der Waals surface area contributed by atoms with Crippen LogP contribution in [0.1, 0.15) is 67.9 Å². The average molecular weight is 750 g/mol. The number of para-hydroxylation sites is 3. The fraction of sp³-hybridized carbons (Fsp3) is 0.212. The van der Waals surface area contributed by atoms with Crippen LogP contribution in [0.2, 0.25) is 0 Å². The normalized spacial score (nSPS) is 14.1. The number of rotatable bonds is 6. The minimum Gasteiger partial charge on any atom is -0.457 e. The van der Waals surface area contributed by atoms with Crippen LogP contribution in [0, 0.1) is 13.8 Å². The van der Waals surface area contributed by atoms with E-state index in [0.717, 1.165) is 66.9 Å². The molecule has 3 heterocycles. The molecule has 0 radical (unpaired) electrons. The second-order valence-corrected chi connectivity index (χ2v) is 17.3. The molecule has 1 aliphatic heterocycles. The first-order chi connectivity index (χ1) is 28.5. The zero-order valence-corrected chi connectivity index (χ0v) is 33.8. The summed E-state index contributed by atoms with van der Waals surface area (Å²) in [5, 5.41) is 2.16. The molecule has 0 saturated carbocycles. The van der Waals surface area contributed by atoms with E-state index in [0.29, 0.717) is 23.8 Å². The van der Waals surface area contributed by atoms with Gasteiger partial charge in [-0.3, -0.25) is 4.57 Å². The molecule has 0 atom stereocenters. The summed E-state index contributed by atoms with van der Waals surface area (Å²) >= 11 is 0. The molecule has 0 spiro atoms. The summed E-state index contributed by atoms with van der Waals surface area (Å²) in [5.74, 6) is 2.12. The summed E-state index contributed by atoms with van der Waals surface area (Å²) in [4.78, 5) is 9.60. The molecule has 5 heteroatoms. The van der Waals surface area contributed by atoms with Crippen LogP contribution in [0.25, 0.3) is 38.8 Å². The molecule has 0 unspecified atom stereocenters. The van der Waals surface area contributed by atoms with Gasteiger partial charge < -0.3 is 14.5 Å². The first-order valence-corrected chi connectivity index (χ1v) is 19.7. The Bertz CT molecular complexity index is 2930. The fourth-order valence-electron chi connectivity index (χ4n) is 8.21. The molecule has 5 nitrogen and oxygen atoms in total. The van der Waals surface area contributed by atoms with Gasteiger partial charge in [-0.1, -0.05) is 102 Å². The Morgan fingerprint density at radius 3 is 1.96 bits per heavy atom.